The molecule has 0 bridgehead atoms. The zero-order valence-electron chi connectivity index (χ0n) is 9.95. The lowest BCUT2D eigenvalue weighted by atomic mass is 10.1. The topological polar surface area (TPSA) is 54.7 Å². The average molecular weight is 219 g/mol. The highest BCUT2D eigenvalue weighted by Gasteiger charge is 2.32. The lowest BCUT2D eigenvalue weighted by Gasteiger charge is -1.96. The molecule has 1 N–H and O–H groups in total. The second-order valence-electron chi connectivity index (χ2n) is 3.75. The quantitative estimate of drug-likeness (QED) is 0.843. The van der Waals surface area contributed by atoms with Crippen molar-refractivity contribution in [3.05, 3.63) is 24.0 Å². The highest BCUT2D eigenvalue weighted by atomic mass is 16.5. The Morgan fingerprint density at radius 1 is 1.38 bits per heavy atom. The second kappa shape index (κ2) is 4.51. The van der Waals surface area contributed by atoms with Crippen molar-refractivity contribution in [3.63, 3.8) is 0 Å². The Balaban J connectivity index is 0.000000457. The molecular weight excluding hydrogens is 202 g/mol. The summed E-state index contributed by atoms with van der Waals surface area (Å²) in [7, 11) is 0. The van der Waals surface area contributed by atoms with Crippen molar-refractivity contribution in [1.82, 2.24) is 15.1 Å². The molecule has 2 aromatic heterocycles. The van der Waals surface area contributed by atoms with E-state index in [0.29, 0.717) is 5.92 Å². The lowest BCUT2D eigenvalue weighted by molar-refractivity contribution is 0.381. The molecule has 1 fully saturated rings. The summed E-state index contributed by atoms with van der Waals surface area (Å²) >= 11 is 0. The number of aryl methyl sites for hydroxylation is 1. The smallest absolute Gasteiger partial charge is 0.149 e. The van der Waals surface area contributed by atoms with E-state index in [4.69, 9.17) is 4.52 Å². The van der Waals surface area contributed by atoms with Crippen LogP contribution in [0.25, 0.3) is 11.3 Å². The van der Waals surface area contributed by atoms with Crippen LogP contribution >= 0.6 is 0 Å². The number of imidazole rings is 1. The standard InChI is InChI=1S/C10H11N3O.C2H6/c1-6-9(8-4-11-5-12-8)10(14-13-6)7-2-3-7;1-2/h4-5,7H,2-3H2,1H3,(H,11,12);1-2H3. The third kappa shape index (κ3) is 1.87. The normalized spacial score (nSPS) is 14.4. The average Bonchev–Trinajstić information content (AvgIpc) is 2.88. The van der Waals surface area contributed by atoms with Crippen LogP contribution in [-0.2, 0) is 0 Å². The van der Waals surface area contributed by atoms with E-state index in [1.54, 1.807) is 6.33 Å². The maximum Gasteiger partial charge on any atom is 0.149 e. The Labute approximate surface area is 95.1 Å². The SMILES string of the molecule is CC.Cc1noc(C2CC2)c1-c1cnc[nH]1. The minimum absolute atomic E-state index is 0.578. The molecule has 0 saturated heterocycles. The van der Waals surface area contributed by atoms with Crippen LogP contribution in [0.1, 0.15) is 44.1 Å². The molecule has 1 saturated carbocycles. The third-order valence-electron chi connectivity index (χ3n) is 2.60. The van der Waals surface area contributed by atoms with Gasteiger partial charge in [-0.2, -0.15) is 0 Å². The Morgan fingerprint density at radius 2 is 2.12 bits per heavy atom. The molecule has 2 heterocycles. The minimum atomic E-state index is 0.578. The van der Waals surface area contributed by atoms with Crippen LogP contribution in [0.5, 0.6) is 0 Å². The number of aromatic amines is 1. The fourth-order valence-electron chi connectivity index (χ4n) is 1.73. The van der Waals surface area contributed by atoms with Crippen LogP contribution in [-0.4, -0.2) is 15.1 Å². The molecule has 4 nitrogen and oxygen atoms in total. The lowest BCUT2D eigenvalue weighted by Crippen LogP contribution is -1.83. The van der Waals surface area contributed by atoms with Gasteiger partial charge in [0.1, 0.15) is 5.76 Å². The van der Waals surface area contributed by atoms with Gasteiger partial charge in [0.05, 0.1) is 29.5 Å². The summed E-state index contributed by atoms with van der Waals surface area (Å²) in [5.41, 5.74) is 3.05. The molecule has 0 aromatic carbocycles. The number of nitrogens with one attached hydrogen (secondary N) is 1. The van der Waals surface area contributed by atoms with Crippen molar-refractivity contribution in [1.29, 1.82) is 0 Å². The van der Waals surface area contributed by atoms with E-state index < -0.39 is 0 Å². The van der Waals surface area contributed by atoms with Crippen LogP contribution in [0.2, 0.25) is 0 Å². The highest BCUT2D eigenvalue weighted by molar-refractivity contribution is 5.64. The fourth-order valence-corrected chi connectivity index (χ4v) is 1.73. The van der Waals surface area contributed by atoms with E-state index in [2.05, 4.69) is 15.1 Å². The van der Waals surface area contributed by atoms with E-state index in [1.807, 2.05) is 27.0 Å². The van der Waals surface area contributed by atoms with Gasteiger partial charge < -0.3 is 9.51 Å². The molecule has 3 rings (SSSR count). The van der Waals surface area contributed by atoms with Gasteiger partial charge >= 0.3 is 0 Å². The summed E-state index contributed by atoms with van der Waals surface area (Å²) in [5.74, 6) is 1.60. The molecule has 86 valence electrons. The van der Waals surface area contributed by atoms with Crippen molar-refractivity contribution < 1.29 is 4.52 Å². The van der Waals surface area contributed by atoms with Crippen LogP contribution in [0.15, 0.2) is 17.0 Å². The zero-order valence-corrected chi connectivity index (χ0v) is 9.95. The number of rotatable bonds is 2. The van der Waals surface area contributed by atoms with E-state index in [-0.39, 0.29) is 0 Å². The molecule has 2 aromatic rings. The highest BCUT2D eigenvalue weighted by Crippen LogP contribution is 2.44. The Bertz CT molecular complexity index is 441. The first-order valence-corrected chi connectivity index (χ1v) is 5.81. The summed E-state index contributed by atoms with van der Waals surface area (Å²) in [4.78, 5) is 7.11. The first kappa shape index (κ1) is 10.9. The van der Waals surface area contributed by atoms with E-state index >= 15 is 0 Å². The molecule has 4 heteroatoms. The van der Waals surface area contributed by atoms with Gasteiger partial charge in [-0.15, -0.1) is 0 Å². The zero-order chi connectivity index (χ0) is 11.5. The molecular formula is C12H17N3O. The first-order valence-electron chi connectivity index (χ1n) is 5.81. The van der Waals surface area contributed by atoms with Gasteiger partial charge in [0.25, 0.3) is 0 Å². The summed E-state index contributed by atoms with van der Waals surface area (Å²) in [5, 5.41) is 4.01. The molecule has 0 amide bonds. The van der Waals surface area contributed by atoms with E-state index in [9.17, 15) is 0 Å². The van der Waals surface area contributed by atoms with Gasteiger partial charge in [0, 0.05) is 5.92 Å². The third-order valence-corrected chi connectivity index (χ3v) is 2.60. The Hall–Kier alpha value is -1.58. The maximum atomic E-state index is 5.35. The molecule has 0 unspecified atom stereocenters. The largest absolute Gasteiger partial charge is 0.360 e. The van der Waals surface area contributed by atoms with Crippen LogP contribution in [0, 0.1) is 6.92 Å². The molecule has 16 heavy (non-hydrogen) atoms. The van der Waals surface area contributed by atoms with Crippen molar-refractivity contribution >= 4 is 0 Å². The van der Waals surface area contributed by atoms with Crippen LogP contribution < -0.4 is 0 Å². The van der Waals surface area contributed by atoms with Gasteiger partial charge in [0.15, 0.2) is 0 Å². The number of nitrogens with zero attached hydrogens (tertiary/aromatic N) is 2. The number of hydrogen-bond donors (Lipinski definition) is 1. The minimum Gasteiger partial charge on any atom is -0.360 e. The molecule has 0 radical (unpaired) electrons. The van der Waals surface area contributed by atoms with Crippen LogP contribution in [0.3, 0.4) is 0 Å². The van der Waals surface area contributed by atoms with E-state index in [0.717, 1.165) is 22.7 Å². The number of H-pyrrole nitrogens is 1. The first-order chi connectivity index (χ1) is 7.86. The predicted octanol–water partition coefficient (Wildman–Crippen LogP) is 3.28. The van der Waals surface area contributed by atoms with Crippen LogP contribution in [0.4, 0.5) is 0 Å². The predicted molar refractivity (Wildman–Crippen MR) is 62.1 cm³/mol. The van der Waals surface area contributed by atoms with Gasteiger partial charge in [0.2, 0.25) is 0 Å². The summed E-state index contributed by atoms with van der Waals surface area (Å²) < 4.78 is 5.35. The monoisotopic (exact) mass is 219 g/mol. The molecule has 0 aliphatic heterocycles. The van der Waals surface area contributed by atoms with E-state index in [1.165, 1.54) is 12.8 Å². The molecule has 0 atom stereocenters. The summed E-state index contributed by atoms with van der Waals surface area (Å²) in [6.45, 7) is 5.96. The summed E-state index contributed by atoms with van der Waals surface area (Å²) in [6.07, 6.45) is 5.93. The Kier molecular flexibility index (Phi) is 3.08. The van der Waals surface area contributed by atoms with Crippen molar-refractivity contribution in [2.24, 2.45) is 0 Å². The maximum absolute atomic E-state index is 5.35. The number of aromatic nitrogens is 3. The molecule has 1 aliphatic carbocycles. The van der Waals surface area contributed by atoms with Crippen molar-refractivity contribution in [2.45, 2.75) is 39.5 Å². The molecule has 1 aliphatic rings. The van der Waals surface area contributed by atoms with Gasteiger partial charge in [-0.05, 0) is 19.8 Å². The molecule has 0 spiro atoms. The number of hydrogen-bond acceptors (Lipinski definition) is 3. The second-order valence-corrected chi connectivity index (χ2v) is 3.75. The fraction of sp³-hybridized carbons (Fsp3) is 0.500. The Morgan fingerprint density at radius 3 is 2.69 bits per heavy atom. The van der Waals surface area contributed by atoms with Gasteiger partial charge in [-0.1, -0.05) is 19.0 Å². The summed E-state index contributed by atoms with van der Waals surface area (Å²) in [6, 6.07) is 0. The van der Waals surface area contributed by atoms with Crippen molar-refractivity contribution in [2.75, 3.05) is 0 Å². The van der Waals surface area contributed by atoms with Gasteiger partial charge in [-0.25, -0.2) is 4.98 Å². The van der Waals surface area contributed by atoms with Crippen molar-refractivity contribution in [3.8, 4) is 11.3 Å². The van der Waals surface area contributed by atoms with Gasteiger partial charge in [-0.3, -0.25) is 0 Å².